The van der Waals surface area contributed by atoms with Gasteiger partial charge < -0.3 is 10.1 Å². The van der Waals surface area contributed by atoms with E-state index in [9.17, 15) is 19.2 Å². The van der Waals surface area contributed by atoms with E-state index in [-0.39, 0.29) is 23.6 Å². The first-order chi connectivity index (χ1) is 15.2. The van der Waals surface area contributed by atoms with Gasteiger partial charge in [-0.1, -0.05) is 39.7 Å². The van der Waals surface area contributed by atoms with E-state index in [0.717, 1.165) is 20.6 Å². The van der Waals surface area contributed by atoms with Crippen LogP contribution in [0.25, 0.3) is 0 Å². The Hall–Kier alpha value is -2.91. The average Bonchev–Trinajstić information content (AvgIpc) is 3.10. The molecule has 1 aliphatic rings. The molecule has 0 aliphatic carbocycles. The number of halogens is 2. The Morgan fingerprint density at radius 2 is 1.84 bits per heavy atom. The zero-order valence-corrected chi connectivity index (χ0v) is 19.7. The summed E-state index contributed by atoms with van der Waals surface area (Å²) in [6.45, 7) is 3.27. The number of anilines is 1. The predicted molar refractivity (Wildman–Crippen MR) is 122 cm³/mol. The Morgan fingerprint density at radius 1 is 1.19 bits per heavy atom. The van der Waals surface area contributed by atoms with Crippen LogP contribution < -0.4 is 10.7 Å². The first-order valence-electron chi connectivity index (χ1n) is 9.75. The Bertz CT molecular complexity index is 1070. The highest BCUT2D eigenvalue weighted by atomic mass is 79.9. The number of hydrogen-bond acceptors (Lipinski definition) is 5. The molecule has 1 fully saturated rings. The number of nitrogens with zero attached hydrogens (tertiary/aromatic N) is 1. The number of rotatable bonds is 6. The lowest BCUT2D eigenvalue weighted by atomic mass is 10.1. The summed E-state index contributed by atoms with van der Waals surface area (Å²) in [4.78, 5) is 49.0. The van der Waals surface area contributed by atoms with Crippen LogP contribution in [0, 0.1) is 19.8 Å². The summed E-state index contributed by atoms with van der Waals surface area (Å²) in [7, 11) is 0. The Labute approximate surface area is 198 Å². The van der Waals surface area contributed by atoms with E-state index < -0.39 is 36.2 Å². The molecule has 10 heteroatoms. The molecule has 1 heterocycles. The molecule has 3 rings (SSSR count). The number of aryl methyl sites for hydroxylation is 2. The summed E-state index contributed by atoms with van der Waals surface area (Å²) in [5.74, 6) is -2.96. The number of hydrogen-bond donors (Lipinski definition) is 2. The molecule has 1 atom stereocenters. The standard InChI is InChI=1S/C22H21BrClN3O5/c1-12-7-15(8-13(2)20(12)23)25-18(28)11-32-22(31)14-9-19(29)27(10-14)26-21(30)16-5-3-4-6-17(16)24/h3-8,14H,9-11H2,1-2H3,(H,25,28)(H,26,30)/t14-/m0/s1. The van der Waals surface area contributed by atoms with Crippen LogP contribution in [-0.2, 0) is 19.1 Å². The summed E-state index contributed by atoms with van der Waals surface area (Å²) in [5.41, 5.74) is 5.17. The third kappa shape index (κ3) is 5.66. The molecule has 3 amide bonds. The van der Waals surface area contributed by atoms with Crippen LogP contribution in [0.3, 0.4) is 0 Å². The number of carbonyl (C=O) groups excluding carboxylic acids is 4. The molecule has 2 N–H and O–H groups in total. The van der Waals surface area contributed by atoms with Crippen LogP contribution in [-0.4, -0.2) is 41.9 Å². The summed E-state index contributed by atoms with van der Waals surface area (Å²) in [6, 6.07) is 10.0. The fraction of sp³-hybridized carbons (Fsp3) is 0.273. The monoisotopic (exact) mass is 521 g/mol. The second-order valence-corrected chi connectivity index (χ2v) is 8.61. The molecule has 168 valence electrons. The van der Waals surface area contributed by atoms with Crippen molar-refractivity contribution in [1.29, 1.82) is 0 Å². The van der Waals surface area contributed by atoms with Gasteiger partial charge in [0.25, 0.3) is 11.8 Å². The Kier molecular flexibility index (Phi) is 7.52. The van der Waals surface area contributed by atoms with Crippen molar-refractivity contribution in [3.8, 4) is 0 Å². The fourth-order valence-electron chi connectivity index (χ4n) is 3.27. The molecule has 0 saturated carbocycles. The molecule has 0 spiro atoms. The first kappa shape index (κ1) is 23.7. The van der Waals surface area contributed by atoms with E-state index in [2.05, 4.69) is 26.7 Å². The van der Waals surface area contributed by atoms with E-state index in [0.29, 0.717) is 5.69 Å². The van der Waals surface area contributed by atoms with E-state index >= 15 is 0 Å². The molecule has 2 aromatic carbocycles. The lowest BCUT2D eigenvalue weighted by Gasteiger charge is -2.18. The number of hydrazine groups is 1. The van der Waals surface area contributed by atoms with Gasteiger partial charge in [0.2, 0.25) is 5.91 Å². The van der Waals surface area contributed by atoms with Gasteiger partial charge in [0.1, 0.15) is 0 Å². The molecule has 1 aliphatic heterocycles. The normalized spacial score (nSPS) is 15.4. The molecule has 1 saturated heterocycles. The summed E-state index contributed by atoms with van der Waals surface area (Å²) in [5, 5.41) is 3.99. The highest BCUT2D eigenvalue weighted by Gasteiger charge is 2.37. The van der Waals surface area contributed by atoms with Gasteiger partial charge in [-0.3, -0.25) is 29.6 Å². The topological polar surface area (TPSA) is 105 Å². The van der Waals surface area contributed by atoms with Crippen molar-refractivity contribution in [2.75, 3.05) is 18.5 Å². The van der Waals surface area contributed by atoms with Gasteiger partial charge in [-0.05, 0) is 49.2 Å². The minimum absolute atomic E-state index is 0.0550. The SMILES string of the molecule is Cc1cc(NC(=O)COC(=O)[C@H]2CC(=O)N(NC(=O)c3ccccc3Cl)C2)cc(C)c1Br. The van der Waals surface area contributed by atoms with Gasteiger partial charge in [-0.15, -0.1) is 0 Å². The number of esters is 1. The van der Waals surface area contributed by atoms with Crippen molar-refractivity contribution in [2.24, 2.45) is 5.92 Å². The summed E-state index contributed by atoms with van der Waals surface area (Å²) >= 11 is 9.46. The molecule has 0 aromatic heterocycles. The predicted octanol–water partition coefficient (Wildman–Crippen LogP) is 3.39. The first-order valence-corrected chi connectivity index (χ1v) is 10.9. The second kappa shape index (κ2) is 10.1. The molecule has 8 nitrogen and oxygen atoms in total. The molecular weight excluding hydrogens is 502 g/mol. The molecule has 32 heavy (non-hydrogen) atoms. The summed E-state index contributed by atoms with van der Waals surface area (Å²) < 4.78 is 6.03. The number of amides is 3. The van der Waals surface area contributed by atoms with Crippen LogP contribution >= 0.6 is 27.5 Å². The largest absolute Gasteiger partial charge is 0.455 e. The van der Waals surface area contributed by atoms with Gasteiger partial charge in [0.15, 0.2) is 6.61 Å². The minimum Gasteiger partial charge on any atom is -0.455 e. The fourth-order valence-corrected chi connectivity index (χ4v) is 3.72. The third-order valence-electron chi connectivity index (χ3n) is 4.88. The maximum atomic E-state index is 12.3. The lowest BCUT2D eigenvalue weighted by molar-refractivity contribution is -0.151. The average molecular weight is 523 g/mol. The maximum absolute atomic E-state index is 12.3. The molecule has 2 aromatic rings. The van der Waals surface area contributed by atoms with Crippen molar-refractivity contribution in [2.45, 2.75) is 20.3 Å². The zero-order valence-electron chi connectivity index (χ0n) is 17.4. The van der Waals surface area contributed by atoms with Crippen molar-refractivity contribution < 1.29 is 23.9 Å². The van der Waals surface area contributed by atoms with Gasteiger partial charge in [-0.2, -0.15) is 0 Å². The van der Waals surface area contributed by atoms with Crippen LogP contribution in [0.15, 0.2) is 40.9 Å². The molecular formula is C22H21BrClN3O5. The second-order valence-electron chi connectivity index (χ2n) is 7.41. The molecule has 0 bridgehead atoms. The summed E-state index contributed by atoms with van der Waals surface area (Å²) in [6.07, 6.45) is -0.131. The van der Waals surface area contributed by atoms with Gasteiger partial charge in [-0.25, -0.2) is 0 Å². The van der Waals surface area contributed by atoms with Crippen LogP contribution in [0.1, 0.15) is 27.9 Å². The van der Waals surface area contributed by atoms with E-state index in [1.54, 1.807) is 30.3 Å². The number of ether oxygens (including phenoxy) is 1. The highest BCUT2D eigenvalue weighted by molar-refractivity contribution is 9.10. The van der Waals surface area contributed by atoms with E-state index in [1.807, 2.05) is 13.8 Å². The van der Waals surface area contributed by atoms with Gasteiger partial charge in [0.05, 0.1) is 23.0 Å². The zero-order chi connectivity index (χ0) is 23.4. The lowest BCUT2D eigenvalue weighted by Crippen LogP contribution is -2.43. The quantitative estimate of drug-likeness (QED) is 0.566. The highest BCUT2D eigenvalue weighted by Crippen LogP contribution is 2.25. The maximum Gasteiger partial charge on any atom is 0.311 e. The Balaban J connectivity index is 1.51. The Morgan fingerprint density at radius 3 is 2.50 bits per heavy atom. The molecule has 0 unspecified atom stereocenters. The van der Waals surface area contributed by atoms with Gasteiger partial charge >= 0.3 is 5.97 Å². The smallest absolute Gasteiger partial charge is 0.311 e. The number of benzene rings is 2. The van der Waals surface area contributed by atoms with Crippen molar-refractivity contribution in [3.63, 3.8) is 0 Å². The van der Waals surface area contributed by atoms with Crippen molar-refractivity contribution in [3.05, 3.63) is 62.6 Å². The number of nitrogens with one attached hydrogen (secondary N) is 2. The van der Waals surface area contributed by atoms with Crippen molar-refractivity contribution >= 4 is 56.9 Å². The van der Waals surface area contributed by atoms with E-state index in [1.165, 1.54) is 6.07 Å². The van der Waals surface area contributed by atoms with Crippen LogP contribution in [0.4, 0.5) is 5.69 Å². The van der Waals surface area contributed by atoms with Crippen LogP contribution in [0.2, 0.25) is 5.02 Å². The number of carbonyl (C=O) groups is 4. The third-order valence-corrected chi connectivity index (χ3v) is 6.46. The van der Waals surface area contributed by atoms with E-state index in [4.69, 9.17) is 16.3 Å². The molecule has 0 radical (unpaired) electrons. The minimum atomic E-state index is -0.793. The van der Waals surface area contributed by atoms with Gasteiger partial charge in [0, 0.05) is 16.6 Å². The van der Waals surface area contributed by atoms with Crippen LogP contribution in [0.5, 0.6) is 0 Å². The van der Waals surface area contributed by atoms with Crippen molar-refractivity contribution in [1.82, 2.24) is 10.4 Å².